The molecule has 0 aliphatic carbocycles. The highest BCUT2D eigenvalue weighted by Crippen LogP contribution is 2.28. The Balaban J connectivity index is 1.24. The van der Waals surface area contributed by atoms with Crippen LogP contribution in [0.3, 0.4) is 0 Å². The van der Waals surface area contributed by atoms with Crippen LogP contribution in [0.4, 0.5) is 10.5 Å². The fourth-order valence-corrected chi connectivity index (χ4v) is 4.08. The third-order valence-electron chi connectivity index (χ3n) is 5.92. The van der Waals surface area contributed by atoms with Crippen molar-refractivity contribution < 1.29 is 15.0 Å². The number of aliphatic hydroxyl groups is 1. The number of aromatic hydroxyl groups is 1. The van der Waals surface area contributed by atoms with Crippen LogP contribution in [0.5, 0.6) is 5.75 Å². The van der Waals surface area contributed by atoms with E-state index in [0.717, 1.165) is 12.0 Å². The molecule has 2 amide bonds. The SMILES string of the molecule is O=C(NCCc1ccccc1)Nc1cccc(CCNC[C@H](O)c2ccc(O)c3[nH]c(=O)ccc23)c1. The summed E-state index contributed by atoms with van der Waals surface area (Å²) in [5.74, 6) is -0.0371. The van der Waals surface area contributed by atoms with Crippen LogP contribution in [-0.4, -0.2) is 40.9 Å². The lowest BCUT2D eigenvalue weighted by molar-refractivity contribution is 0.176. The molecule has 1 heterocycles. The number of carbonyl (C=O) groups excluding carboxylic acids is 1. The average molecular weight is 487 g/mol. The summed E-state index contributed by atoms with van der Waals surface area (Å²) in [4.78, 5) is 26.4. The second-order valence-electron chi connectivity index (χ2n) is 8.57. The lowest BCUT2D eigenvalue weighted by Crippen LogP contribution is -2.30. The van der Waals surface area contributed by atoms with Crippen LogP contribution in [0.2, 0.25) is 0 Å². The molecule has 3 aromatic carbocycles. The maximum absolute atomic E-state index is 12.2. The summed E-state index contributed by atoms with van der Waals surface area (Å²) >= 11 is 0. The Labute approximate surface area is 209 Å². The zero-order valence-electron chi connectivity index (χ0n) is 19.8. The highest BCUT2D eigenvalue weighted by Gasteiger charge is 2.13. The summed E-state index contributed by atoms with van der Waals surface area (Å²) in [6, 6.07) is 23.5. The van der Waals surface area contributed by atoms with Crippen LogP contribution in [0.15, 0.2) is 83.7 Å². The van der Waals surface area contributed by atoms with E-state index in [4.69, 9.17) is 0 Å². The van der Waals surface area contributed by atoms with Gasteiger partial charge in [-0.15, -0.1) is 0 Å². The Morgan fingerprint density at radius 1 is 0.889 bits per heavy atom. The predicted molar refractivity (Wildman–Crippen MR) is 141 cm³/mol. The number of amides is 2. The van der Waals surface area contributed by atoms with Gasteiger partial charge in [-0.3, -0.25) is 4.79 Å². The number of benzene rings is 3. The van der Waals surface area contributed by atoms with E-state index in [1.807, 2.05) is 54.6 Å². The topological polar surface area (TPSA) is 126 Å². The summed E-state index contributed by atoms with van der Waals surface area (Å²) in [6.45, 7) is 1.48. The van der Waals surface area contributed by atoms with Crippen molar-refractivity contribution >= 4 is 22.6 Å². The minimum absolute atomic E-state index is 0.0371. The van der Waals surface area contributed by atoms with Crippen molar-refractivity contribution in [3.8, 4) is 5.75 Å². The number of aromatic amines is 1. The number of hydrogen-bond acceptors (Lipinski definition) is 5. The van der Waals surface area contributed by atoms with Gasteiger partial charge in [-0.05, 0) is 60.3 Å². The molecular weight excluding hydrogens is 456 g/mol. The van der Waals surface area contributed by atoms with Crippen LogP contribution < -0.4 is 21.5 Å². The van der Waals surface area contributed by atoms with E-state index >= 15 is 0 Å². The number of aliphatic hydroxyl groups excluding tert-OH is 1. The molecular formula is C28H30N4O4. The minimum atomic E-state index is -0.813. The Bertz CT molecular complexity index is 1370. The first-order valence-corrected chi connectivity index (χ1v) is 11.9. The number of carbonyl (C=O) groups is 1. The molecule has 0 aliphatic heterocycles. The fourth-order valence-electron chi connectivity index (χ4n) is 4.08. The maximum atomic E-state index is 12.2. The summed E-state index contributed by atoms with van der Waals surface area (Å²) in [5, 5.41) is 30.3. The smallest absolute Gasteiger partial charge is 0.319 e. The highest BCUT2D eigenvalue weighted by molar-refractivity contribution is 5.89. The van der Waals surface area contributed by atoms with E-state index in [0.29, 0.717) is 48.2 Å². The standard InChI is InChI=1S/C28H30N4O4/c33-24-11-9-22(23-10-12-26(35)32-27(23)24)25(34)18-29-15-13-20-7-4-8-21(17-20)31-28(36)30-16-14-19-5-2-1-3-6-19/h1-12,17,25,29,33-34H,13-16,18H2,(H,32,35)(H2,30,31,36)/t25-/m0/s1. The van der Waals surface area contributed by atoms with Crippen molar-refractivity contribution in [3.63, 3.8) is 0 Å². The molecule has 8 nitrogen and oxygen atoms in total. The Morgan fingerprint density at radius 2 is 1.67 bits per heavy atom. The van der Waals surface area contributed by atoms with Crippen LogP contribution in [0, 0.1) is 0 Å². The van der Waals surface area contributed by atoms with Crippen molar-refractivity contribution in [2.24, 2.45) is 0 Å². The molecule has 4 rings (SSSR count). The van der Waals surface area contributed by atoms with Crippen molar-refractivity contribution in [2.45, 2.75) is 18.9 Å². The molecule has 1 aromatic heterocycles. The molecule has 0 bridgehead atoms. The zero-order valence-corrected chi connectivity index (χ0v) is 19.8. The summed E-state index contributed by atoms with van der Waals surface area (Å²) < 4.78 is 0. The molecule has 0 saturated heterocycles. The van der Waals surface area contributed by atoms with Crippen molar-refractivity contribution in [3.05, 3.63) is 106 Å². The van der Waals surface area contributed by atoms with Gasteiger partial charge in [0.05, 0.1) is 11.6 Å². The molecule has 8 heteroatoms. The number of nitrogens with one attached hydrogen (secondary N) is 4. The van der Waals surface area contributed by atoms with Crippen LogP contribution in [0.25, 0.3) is 10.9 Å². The van der Waals surface area contributed by atoms with Gasteiger partial charge in [0, 0.05) is 30.2 Å². The van der Waals surface area contributed by atoms with E-state index in [9.17, 15) is 19.8 Å². The molecule has 4 aromatic rings. The first kappa shape index (κ1) is 25.0. The van der Waals surface area contributed by atoms with Gasteiger partial charge in [-0.25, -0.2) is 4.79 Å². The first-order chi connectivity index (χ1) is 17.5. The van der Waals surface area contributed by atoms with Gasteiger partial charge in [-0.2, -0.15) is 0 Å². The van der Waals surface area contributed by atoms with Gasteiger partial charge < -0.3 is 31.1 Å². The van der Waals surface area contributed by atoms with Crippen LogP contribution in [0.1, 0.15) is 22.8 Å². The normalized spacial score (nSPS) is 11.8. The maximum Gasteiger partial charge on any atom is 0.319 e. The van der Waals surface area contributed by atoms with Gasteiger partial charge in [-0.1, -0.05) is 48.5 Å². The van der Waals surface area contributed by atoms with Gasteiger partial charge in [0.2, 0.25) is 5.56 Å². The molecule has 0 fully saturated rings. The molecule has 1 atom stereocenters. The van der Waals surface area contributed by atoms with E-state index in [1.165, 1.54) is 17.7 Å². The number of aromatic nitrogens is 1. The average Bonchev–Trinajstić information content (AvgIpc) is 2.88. The molecule has 36 heavy (non-hydrogen) atoms. The Morgan fingerprint density at radius 3 is 2.50 bits per heavy atom. The highest BCUT2D eigenvalue weighted by atomic mass is 16.3. The lowest BCUT2D eigenvalue weighted by Gasteiger charge is -2.15. The largest absolute Gasteiger partial charge is 0.506 e. The summed E-state index contributed by atoms with van der Waals surface area (Å²) in [6.07, 6.45) is 0.664. The second-order valence-corrected chi connectivity index (χ2v) is 8.57. The van der Waals surface area contributed by atoms with E-state index in [2.05, 4.69) is 20.9 Å². The number of urea groups is 1. The van der Waals surface area contributed by atoms with Crippen LogP contribution >= 0.6 is 0 Å². The quantitative estimate of drug-likeness (QED) is 0.191. The number of H-pyrrole nitrogens is 1. The fraction of sp³-hybridized carbons (Fsp3) is 0.214. The number of phenolic OH excluding ortho intramolecular Hbond substituents is 1. The monoisotopic (exact) mass is 486 g/mol. The number of phenols is 1. The van der Waals surface area contributed by atoms with Gasteiger partial charge in [0.15, 0.2) is 0 Å². The number of pyridine rings is 1. The van der Waals surface area contributed by atoms with E-state index in [1.54, 1.807) is 12.1 Å². The molecule has 0 unspecified atom stereocenters. The number of anilines is 1. The summed E-state index contributed by atoms with van der Waals surface area (Å²) in [7, 11) is 0. The first-order valence-electron chi connectivity index (χ1n) is 11.9. The zero-order chi connectivity index (χ0) is 25.3. The Hall–Kier alpha value is -4.14. The van der Waals surface area contributed by atoms with Gasteiger partial charge >= 0.3 is 6.03 Å². The van der Waals surface area contributed by atoms with Crippen molar-refractivity contribution in [1.82, 2.24) is 15.6 Å². The molecule has 0 aliphatic rings. The second kappa shape index (κ2) is 12.0. The molecule has 0 radical (unpaired) electrons. The number of rotatable bonds is 10. The molecule has 0 spiro atoms. The molecule has 6 N–H and O–H groups in total. The third kappa shape index (κ3) is 6.71. The number of hydrogen-bond donors (Lipinski definition) is 6. The van der Waals surface area contributed by atoms with Crippen molar-refractivity contribution in [1.29, 1.82) is 0 Å². The van der Waals surface area contributed by atoms with Gasteiger partial charge in [0.25, 0.3) is 0 Å². The lowest BCUT2D eigenvalue weighted by atomic mass is 10.0. The third-order valence-corrected chi connectivity index (χ3v) is 5.92. The predicted octanol–water partition coefficient (Wildman–Crippen LogP) is 3.46. The van der Waals surface area contributed by atoms with Crippen LogP contribution in [-0.2, 0) is 12.8 Å². The van der Waals surface area contributed by atoms with E-state index in [-0.39, 0.29) is 17.3 Å². The Kier molecular flexibility index (Phi) is 8.33. The minimum Gasteiger partial charge on any atom is -0.506 e. The van der Waals surface area contributed by atoms with E-state index < -0.39 is 6.10 Å². The molecule has 0 saturated carbocycles. The van der Waals surface area contributed by atoms with Crippen molar-refractivity contribution in [2.75, 3.05) is 25.0 Å². The van der Waals surface area contributed by atoms with Gasteiger partial charge in [0.1, 0.15) is 5.75 Å². The summed E-state index contributed by atoms with van der Waals surface area (Å²) in [5.41, 5.74) is 3.56. The number of fused-ring (bicyclic) bond motifs is 1. The molecule has 186 valence electrons.